The fourth-order valence-electron chi connectivity index (χ4n) is 1.58. The highest BCUT2D eigenvalue weighted by atomic mass is 15.0. The number of aryl methyl sites for hydroxylation is 2. The third kappa shape index (κ3) is 0.607. The maximum atomic E-state index is 2.40. The molecule has 0 saturated heterocycles. The van der Waals surface area contributed by atoms with Crippen LogP contribution in [0.15, 0.2) is 12.1 Å². The van der Waals surface area contributed by atoms with Gasteiger partial charge in [0.25, 0.3) is 0 Å². The van der Waals surface area contributed by atoms with E-state index < -0.39 is 0 Å². The monoisotopic (exact) mass is 121 g/mol. The van der Waals surface area contributed by atoms with Crippen LogP contribution in [-0.2, 0) is 13.0 Å². The number of nitrogens with zero attached hydrogens (tertiary/aromatic N) is 1. The van der Waals surface area contributed by atoms with Gasteiger partial charge in [-0.2, -0.15) is 0 Å². The van der Waals surface area contributed by atoms with Crippen LogP contribution >= 0.6 is 0 Å². The molecular weight excluding hydrogens is 110 g/mol. The lowest BCUT2D eigenvalue weighted by molar-refractivity contribution is 0.729. The normalized spacial score (nSPS) is 16.1. The number of fused-ring (bicyclic) bond motifs is 1. The van der Waals surface area contributed by atoms with Crippen LogP contribution in [0.4, 0.5) is 0 Å². The molecule has 1 aromatic rings. The van der Waals surface area contributed by atoms with E-state index in [1.807, 2.05) is 0 Å². The van der Waals surface area contributed by atoms with E-state index in [2.05, 4.69) is 23.6 Å². The van der Waals surface area contributed by atoms with Gasteiger partial charge < -0.3 is 4.57 Å². The fourth-order valence-corrected chi connectivity index (χ4v) is 1.58. The molecule has 0 aromatic carbocycles. The summed E-state index contributed by atoms with van der Waals surface area (Å²) in [6, 6.07) is 4.44. The highest BCUT2D eigenvalue weighted by Crippen LogP contribution is 2.17. The lowest BCUT2D eigenvalue weighted by Gasteiger charge is -1.97. The first kappa shape index (κ1) is 5.10. The Hall–Kier alpha value is -0.720. The molecular formula is C8H11N. The van der Waals surface area contributed by atoms with Crippen molar-refractivity contribution in [3.63, 3.8) is 0 Å². The first-order valence-electron chi connectivity index (χ1n) is 3.53. The molecule has 0 saturated carbocycles. The SMILES string of the molecule is Cc1ccc2n1CCC2. The summed E-state index contributed by atoms with van der Waals surface area (Å²) in [7, 11) is 0. The van der Waals surface area contributed by atoms with Crippen molar-refractivity contribution in [3.8, 4) is 0 Å². The summed E-state index contributed by atoms with van der Waals surface area (Å²) in [5.74, 6) is 0. The summed E-state index contributed by atoms with van der Waals surface area (Å²) in [5, 5.41) is 0. The molecule has 0 amide bonds. The van der Waals surface area contributed by atoms with Crippen molar-refractivity contribution in [2.24, 2.45) is 0 Å². The first-order chi connectivity index (χ1) is 4.38. The van der Waals surface area contributed by atoms with Gasteiger partial charge in [0, 0.05) is 17.9 Å². The maximum Gasteiger partial charge on any atom is 0.0228 e. The van der Waals surface area contributed by atoms with E-state index in [-0.39, 0.29) is 0 Å². The number of aromatic nitrogens is 1. The van der Waals surface area contributed by atoms with E-state index in [0.717, 1.165) is 0 Å². The van der Waals surface area contributed by atoms with Gasteiger partial charge in [-0.3, -0.25) is 0 Å². The zero-order valence-electron chi connectivity index (χ0n) is 5.72. The van der Waals surface area contributed by atoms with E-state index in [4.69, 9.17) is 0 Å². The average Bonchev–Trinajstić information content (AvgIpc) is 2.35. The number of hydrogen-bond acceptors (Lipinski definition) is 0. The molecule has 0 fully saturated rings. The minimum absolute atomic E-state index is 1.24. The Morgan fingerprint density at radius 1 is 1.44 bits per heavy atom. The second kappa shape index (κ2) is 1.63. The third-order valence-electron chi connectivity index (χ3n) is 2.10. The Morgan fingerprint density at radius 3 is 3.11 bits per heavy atom. The Labute approximate surface area is 55.3 Å². The molecule has 48 valence electrons. The molecule has 0 atom stereocenters. The van der Waals surface area contributed by atoms with Gasteiger partial charge in [-0.1, -0.05) is 0 Å². The van der Waals surface area contributed by atoms with Gasteiger partial charge in [0.2, 0.25) is 0 Å². The van der Waals surface area contributed by atoms with Crippen molar-refractivity contribution < 1.29 is 0 Å². The second-order valence-corrected chi connectivity index (χ2v) is 2.72. The summed E-state index contributed by atoms with van der Waals surface area (Å²) in [5.41, 5.74) is 2.94. The van der Waals surface area contributed by atoms with Crippen LogP contribution in [0.2, 0.25) is 0 Å². The quantitative estimate of drug-likeness (QED) is 0.492. The molecule has 0 spiro atoms. The van der Waals surface area contributed by atoms with Gasteiger partial charge >= 0.3 is 0 Å². The van der Waals surface area contributed by atoms with Crippen LogP contribution in [0.3, 0.4) is 0 Å². The highest BCUT2D eigenvalue weighted by Gasteiger charge is 2.09. The standard InChI is InChI=1S/C8H11N/c1-7-4-5-8-3-2-6-9(7)8/h4-5H,2-3,6H2,1H3. The van der Waals surface area contributed by atoms with E-state index in [1.165, 1.54) is 30.8 Å². The summed E-state index contributed by atoms with van der Waals surface area (Å²) in [6.45, 7) is 3.42. The van der Waals surface area contributed by atoms with E-state index >= 15 is 0 Å². The first-order valence-corrected chi connectivity index (χ1v) is 3.53. The summed E-state index contributed by atoms with van der Waals surface area (Å²) in [4.78, 5) is 0. The molecule has 0 aliphatic carbocycles. The predicted octanol–water partition coefficient (Wildman–Crippen LogP) is 1.74. The molecule has 2 heterocycles. The molecule has 2 rings (SSSR count). The van der Waals surface area contributed by atoms with Crippen molar-refractivity contribution >= 4 is 0 Å². The van der Waals surface area contributed by atoms with Gasteiger partial charge in [0.05, 0.1) is 0 Å². The molecule has 1 aromatic heterocycles. The molecule has 1 heteroatoms. The Morgan fingerprint density at radius 2 is 2.33 bits per heavy atom. The zero-order chi connectivity index (χ0) is 6.27. The molecule has 1 aliphatic heterocycles. The number of hydrogen-bond donors (Lipinski definition) is 0. The van der Waals surface area contributed by atoms with Crippen LogP contribution in [0.25, 0.3) is 0 Å². The van der Waals surface area contributed by atoms with Crippen molar-refractivity contribution in [1.82, 2.24) is 4.57 Å². The smallest absolute Gasteiger partial charge is 0.0228 e. The van der Waals surface area contributed by atoms with Gasteiger partial charge in [0.1, 0.15) is 0 Å². The van der Waals surface area contributed by atoms with E-state index in [0.29, 0.717) is 0 Å². The summed E-state index contributed by atoms with van der Waals surface area (Å²) >= 11 is 0. The molecule has 0 unspecified atom stereocenters. The Bertz CT molecular complexity index is 222. The Balaban J connectivity index is 2.56. The van der Waals surface area contributed by atoms with Gasteiger partial charge in [-0.05, 0) is 31.9 Å². The minimum Gasteiger partial charge on any atom is -0.349 e. The van der Waals surface area contributed by atoms with Crippen molar-refractivity contribution in [3.05, 3.63) is 23.5 Å². The molecule has 0 bridgehead atoms. The number of rotatable bonds is 0. The maximum absolute atomic E-state index is 2.40. The highest BCUT2D eigenvalue weighted by molar-refractivity contribution is 5.17. The predicted molar refractivity (Wildman–Crippen MR) is 37.5 cm³/mol. The topological polar surface area (TPSA) is 4.93 Å². The third-order valence-corrected chi connectivity index (χ3v) is 2.10. The zero-order valence-corrected chi connectivity index (χ0v) is 5.72. The van der Waals surface area contributed by atoms with Gasteiger partial charge in [-0.25, -0.2) is 0 Å². The molecule has 1 aliphatic rings. The fraction of sp³-hybridized carbons (Fsp3) is 0.500. The van der Waals surface area contributed by atoms with Crippen molar-refractivity contribution in [2.75, 3.05) is 0 Å². The Kier molecular flexibility index (Phi) is 0.922. The van der Waals surface area contributed by atoms with E-state index in [9.17, 15) is 0 Å². The summed E-state index contributed by atoms with van der Waals surface area (Å²) < 4.78 is 2.40. The van der Waals surface area contributed by atoms with Gasteiger partial charge in [0.15, 0.2) is 0 Å². The van der Waals surface area contributed by atoms with Crippen LogP contribution in [-0.4, -0.2) is 4.57 Å². The lowest BCUT2D eigenvalue weighted by atomic mass is 10.3. The van der Waals surface area contributed by atoms with Crippen molar-refractivity contribution in [1.29, 1.82) is 0 Å². The average molecular weight is 121 g/mol. The largest absolute Gasteiger partial charge is 0.349 e. The summed E-state index contributed by atoms with van der Waals surface area (Å²) in [6.07, 6.45) is 2.63. The van der Waals surface area contributed by atoms with Crippen molar-refractivity contribution in [2.45, 2.75) is 26.3 Å². The van der Waals surface area contributed by atoms with Crippen LogP contribution in [0, 0.1) is 6.92 Å². The molecule has 9 heavy (non-hydrogen) atoms. The molecule has 0 N–H and O–H groups in total. The lowest BCUT2D eigenvalue weighted by Crippen LogP contribution is -1.92. The van der Waals surface area contributed by atoms with Crippen LogP contribution < -0.4 is 0 Å². The van der Waals surface area contributed by atoms with Crippen LogP contribution in [0.1, 0.15) is 17.8 Å². The molecule has 1 nitrogen and oxygen atoms in total. The minimum atomic E-state index is 1.24. The molecule has 0 radical (unpaired) electrons. The van der Waals surface area contributed by atoms with Crippen LogP contribution in [0.5, 0.6) is 0 Å². The second-order valence-electron chi connectivity index (χ2n) is 2.72. The van der Waals surface area contributed by atoms with Gasteiger partial charge in [-0.15, -0.1) is 0 Å². The van der Waals surface area contributed by atoms with E-state index in [1.54, 1.807) is 0 Å².